The summed E-state index contributed by atoms with van der Waals surface area (Å²) < 4.78 is 40.2. The van der Waals surface area contributed by atoms with Gasteiger partial charge in [0, 0.05) is 52.6 Å². The van der Waals surface area contributed by atoms with Gasteiger partial charge in [-0.15, -0.1) is 11.3 Å². The zero-order chi connectivity index (χ0) is 28.6. The van der Waals surface area contributed by atoms with Crippen LogP contribution in [0.5, 0.6) is 0 Å². The molecule has 0 spiro atoms. The van der Waals surface area contributed by atoms with Crippen LogP contribution in [0.1, 0.15) is 58.7 Å². The second kappa shape index (κ2) is 11.2. The molecule has 208 valence electrons. The van der Waals surface area contributed by atoms with Gasteiger partial charge in [0.25, 0.3) is 5.56 Å². The number of pyridine rings is 1. The standard InChI is InChI=1S/C26H20Cl2F3N5O3S/c27-17-1-2-19(28)18(8-17)22-9-20(34-39-22)21-13-40-24(33-21)14-3-5-35(6-4-14)23(37)12-36-11-16(26(29,30)31)7-15(10-32)25(36)38/h1-2,7-8,11,13-14,22H,3-6,9,12H2. The summed E-state index contributed by atoms with van der Waals surface area (Å²) in [7, 11) is 0. The number of rotatable bonds is 5. The van der Waals surface area contributed by atoms with Crippen molar-refractivity contribution in [3.8, 4) is 6.07 Å². The molecule has 0 N–H and O–H groups in total. The van der Waals surface area contributed by atoms with Crippen molar-refractivity contribution >= 4 is 46.2 Å². The van der Waals surface area contributed by atoms with E-state index in [0.717, 1.165) is 10.6 Å². The number of nitriles is 1. The van der Waals surface area contributed by atoms with Gasteiger partial charge in [0.2, 0.25) is 5.91 Å². The normalized spacial score (nSPS) is 17.9. The number of carbonyl (C=O) groups is 1. The summed E-state index contributed by atoms with van der Waals surface area (Å²) in [6.45, 7) is 0.133. The first-order valence-electron chi connectivity index (χ1n) is 12.2. The molecule has 1 fully saturated rings. The molecule has 2 aliphatic heterocycles. The van der Waals surface area contributed by atoms with Crippen molar-refractivity contribution in [1.82, 2.24) is 14.5 Å². The maximum absolute atomic E-state index is 13.2. The number of piperidine rings is 1. The topological polar surface area (TPSA) is 101 Å². The van der Waals surface area contributed by atoms with Crippen molar-refractivity contribution < 1.29 is 22.8 Å². The van der Waals surface area contributed by atoms with Gasteiger partial charge in [-0.25, -0.2) is 4.98 Å². The van der Waals surface area contributed by atoms with E-state index in [1.54, 1.807) is 18.2 Å². The highest BCUT2D eigenvalue weighted by molar-refractivity contribution is 7.10. The van der Waals surface area contributed by atoms with Crippen molar-refractivity contribution in [2.24, 2.45) is 5.16 Å². The van der Waals surface area contributed by atoms with Crippen LogP contribution in [0.2, 0.25) is 10.0 Å². The Morgan fingerprint density at radius 1 is 1.23 bits per heavy atom. The van der Waals surface area contributed by atoms with Gasteiger partial charge in [-0.2, -0.15) is 18.4 Å². The van der Waals surface area contributed by atoms with Gasteiger partial charge in [-0.1, -0.05) is 28.4 Å². The Morgan fingerprint density at radius 3 is 2.67 bits per heavy atom. The van der Waals surface area contributed by atoms with Crippen molar-refractivity contribution in [2.45, 2.75) is 44.0 Å². The molecule has 40 heavy (non-hydrogen) atoms. The van der Waals surface area contributed by atoms with Crippen molar-refractivity contribution in [3.63, 3.8) is 0 Å². The third kappa shape index (κ3) is 5.87. The summed E-state index contributed by atoms with van der Waals surface area (Å²) in [5.74, 6) is -0.405. The molecule has 2 aliphatic rings. The second-order valence-corrected chi connectivity index (χ2v) is 11.1. The maximum Gasteiger partial charge on any atom is 0.417 e. The molecule has 0 saturated carbocycles. The maximum atomic E-state index is 13.2. The average molecular weight is 610 g/mol. The summed E-state index contributed by atoms with van der Waals surface area (Å²) >= 11 is 13.9. The summed E-state index contributed by atoms with van der Waals surface area (Å²) in [6, 6.07) is 7.12. The van der Waals surface area contributed by atoms with Gasteiger partial charge in [0.1, 0.15) is 23.9 Å². The van der Waals surface area contributed by atoms with Crippen LogP contribution in [0, 0.1) is 11.3 Å². The summed E-state index contributed by atoms with van der Waals surface area (Å²) in [5.41, 5.74) is -0.616. The van der Waals surface area contributed by atoms with E-state index in [1.165, 1.54) is 22.3 Å². The summed E-state index contributed by atoms with van der Waals surface area (Å²) in [5, 5.41) is 17.1. The fourth-order valence-electron chi connectivity index (χ4n) is 4.67. The van der Waals surface area contributed by atoms with Crippen LogP contribution < -0.4 is 5.56 Å². The number of thiazole rings is 1. The first-order chi connectivity index (χ1) is 19.0. The number of benzene rings is 1. The molecule has 3 aromatic rings. The largest absolute Gasteiger partial charge is 0.417 e. The van der Waals surface area contributed by atoms with E-state index < -0.39 is 35.3 Å². The summed E-state index contributed by atoms with van der Waals surface area (Å²) in [6.07, 6.45) is -2.86. The van der Waals surface area contributed by atoms with Gasteiger partial charge in [0.05, 0.1) is 16.3 Å². The van der Waals surface area contributed by atoms with E-state index >= 15 is 0 Å². The Morgan fingerprint density at radius 2 is 1.98 bits per heavy atom. The minimum absolute atomic E-state index is 0.0883. The lowest BCUT2D eigenvalue weighted by Gasteiger charge is -2.31. The Bertz CT molecular complexity index is 1590. The zero-order valence-electron chi connectivity index (χ0n) is 20.6. The predicted octanol–water partition coefficient (Wildman–Crippen LogP) is 5.77. The van der Waals surface area contributed by atoms with Crippen molar-refractivity contribution in [2.75, 3.05) is 13.1 Å². The van der Waals surface area contributed by atoms with Crippen LogP contribution in [0.4, 0.5) is 13.2 Å². The minimum atomic E-state index is -4.76. The molecule has 1 saturated heterocycles. The number of carbonyl (C=O) groups excluding carboxylic acids is 1. The average Bonchev–Trinajstić information content (AvgIpc) is 3.61. The molecule has 0 bridgehead atoms. The number of amides is 1. The number of hydrogen-bond donors (Lipinski definition) is 0. The van der Waals surface area contributed by atoms with E-state index in [1.807, 2.05) is 5.38 Å². The zero-order valence-corrected chi connectivity index (χ0v) is 22.9. The van der Waals surface area contributed by atoms with Gasteiger partial charge >= 0.3 is 6.18 Å². The Kier molecular flexibility index (Phi) is 7.90. The van der Waals surface area contributed by atoms with E-state index in [4.69, 9.17) is 38.3 Å². The monoisotopic (exact) mass is 609 g/mol. The number of oxime groups is 1. The van der Waals surface area contributed by atoms with Crippen LogP contribution >= 0.6 is 34.5 Å². The first-order valence-corrected chi connectivity index (χ1v) is 13.8. The lowest BCUT2D eigenvalue weighted by atomic mass is 9.97. The number of alkyl halides is 3. The van der Waals surface area contributed by atoms with Gasteiger partial charge in [-0.3, -0.25) is 9.59 Å². The number of nitrogens with zero attached hydrogens (tertiary/aromatic N) is 5. The van der Waals surface area contributed by atoms with Crippen molar-refractivity contribution in [1.29, 1.82) is 5.26 Å². The molecule has 2 aromatic heterocycles. The number of likely N-dealkylation sites (tertiary alicyclic amines) is 1. The van der Waals surface area contributed by atoms with Gasteiger partial charge < -0.3 is 14.3 Å². The molecule has 5 rings (SSSR count). The van der Waals surface area contributed by atoms with Crippen LogP contribution in [0.25, 0.3) is 0 Å². The molecule has 4 heterocycles. The number of halogens is 5. The van der Waals surface area contributed by atoms with E-state index in [-0.39, 0.29) is 12.0 Å². The predicted molar refractivity (Wildman–Crippen MR) is 143 cm³/mol. The Labute approximate surface area is 240 Å². The fraction of sp³-hybridized carbons (Fsp3) is 0.346. The molecule has 1 aromatic carbocycles. The molecule has 1 amide bonds. The molecule has 1 atom stereocenters. The Hall–Kier alpha value is -3.40. The molecule has 8 nitrogen and oxygen atoms in total. The lowest BCUT2D eigenvalue weighted by Crippen LogP contribution is -2.41. The van der Waals surface area contributed by atoms with Gasteiger partial charge in [-0.05, 0) is 37.1 Å². The highest BCUT2D eigenvalue weighted by Crippen LogP contribution is 2.37. The van der Waals surface area contributed by atoms with Crippen LogP contribution in [0.3, 0.4) is 0 Å². The van der Waals surface area contributed by atoms with E-state index in [0.29, 0.717) is 70.6 Å². The number of hydrogen-bond acceptors (Lipinski definition) is 7. The fourth-order valence-corrected chi connectivity index (χ4v) is 6.09. The van der Waals surface area contributed by atoms with E-state index in [9.17, 15) is 22.8 Å². The second-order valence-electron chi connectivity index (χ2n) is 9.41. The summed E-state index contributed by atoms with van der Waals surface area (Å²) in [4.78, 5) is 37.0. The minimum Gasteiger partial charge on any atom is -0.387 e. The highest BCUT2D eigenvalue weighted by Gasteiger charge is 2.33. The molecular weight excluding hydrogens is 590 g/mol. The molecule has 14 heteroatoms. The first kappa shape index (κ1) is 28.1. The molecule has 0 radical (unpaired) electrons. The third-order valence-electron chi connectivity index (χ3n) is 6.83. The van der Waals surface area contributed by atoms with Crippen molar-refractivity contribution in [3.05, 3.63) is 83.6 Å². The van der Waals surface area contributed by atoms with Gasteiger partial charge in [0.15, 0.2) is 6.10 Å². The van der Waals surface area contributed by atoms with Crippen LogP contribution in [0.15, 0.2) is 45.8 Å². The quantitative estimate of drug-likeness (QED) is 0.365. The SMILES string of the molecule is N#Cc1cc(C(F)(F)F)cn(CC(=O)N2CCC(c3nc(C4=NOC(c5cc(Cl)ccc5Cl)C4)cs3)CC2)c1=O. The smallest absolute Gasteiger partial charge is 0.387 e. The van der Waals surface area contributed by atoms with E-state index in [2.05, 4.69) is 5.16 Å². The van der Waals surface area contributed by atoms with Crippen LogP contribution in [-0.4, -0.2) is 39.2 Å². The van der Waals surface area contributed by atoms with Crippen LogP contribution in [-0.2, 0) is 22.4 Å². The molecule has 0 aliphatic carbocycles. The lowest BCUT2D eigenvalue weighted by molar-refractivity contribution is -0.139. The third-order valence-corrected chi connectivity index (χ3v) is 8.41. The molecular formula is C26H20Cl2F3N5O3S. The molecule has 1 unspecified atom stereocenters. The Balaban J connectivity index is 1.20. The highest BCUT2D eigenvalue weighted by atomic mass is 35.5. The number of aromatic nitrogens is 2.